The number of allylic oxidation sites excluding steroid dienone is 4. The molecule has 0 radical (unpaired) electrons. The molecule has 0 saturated carbocycles. The van der Waals surface area contributed by atoms with Crippen molar-refractivity contribution in [2.75, 3.05) is 0 Å². The molecular weight excluding hydrogens is 550 g/mol. The smallest absolute Gasteiger partial charge is 0.164 e. The van der Waals surface area contributed by atoms with Gasteiger partial charge in [-0.2, -0.15) is 0 Å². The van der Waals surface area contributed by atoms with Crippen LogP contribution in [0.2, 0.25) is 0 Å². The van der Waals surface area contributed by atoms with E-state index in [1.165, 1.54) is 0 Å². The van der Waals surface area contributed by atoms with Crippen molar-refractivity contribution in [3.63, 3.8) is 0 Å². The van der Waals surface area contributed by atoms with Crippen molar-refractivity contribution in [3.05, 3.63) is 145 Å². The molecular formula is C40H35N5. The molecule has 0 saturated heterocycles. The third-order valence-corrected chi connectivity index (χ3v) is 7.44. The lowest BCUT2D eigenvalue weighted by molar-refractivity contribution is 1.04. The molecule has 5 nitrogen and oxygen atoms in total. The van der Waals surface area contributed by atoms with Gasteiger partial charge in [0, 0.05) is 40.2 Å². The van der Waals surface area contributed by atoms with E-state index in [1.807, 2.05) is 86.8 Å². The highest BCUT2D eigenvalue weighted by atomic mass is 15.0. The van der Waals surface area contributed by atoms with E-state index in [9.17, 15) is 0 Å². The monoisotopic (exact) mass is 585 g/mol. The third kappa shape index (κ3) is 6.84. The van der Waals surface area contributed by atoms with E-state index in [0.717, 1.165) is 68.7 Å². The maximum atomic E-state index is 5.14. The quantitative estimate of drug-likeness (QED) is 0.195. The Balaban J connectivity index is 0.00000175. The van der Waals surface area contributed by atoms with Crippen LogP contribution in [0, 0.1) is 6.92 Å². The van der Waals surface area contributed by atoms with Gasteiger partial charge in [0.15, 0.2) is 17.5 Å². The molecule has 0 aliphatic heterocycles. The van der Waals surface area contributed by atoms with Crippen LogP contribution < -0.4 is 0 Å². The number of aryl methyl sites for hydroxylation is 1. The summed E-state index contributed by atoms with van der Waals surface area (Å²) in [4.78, 5) is 24.4. The van der Waals surface area contributed by atoms with Gasteiger partial charge in [0.1, 0.15) is 0 Å². The molecule has 1 aliphatic carbocycles. The summed E-state index contributed by atoms with van der Waals surface area (Å²) in [6.45, 7) is 6.12. The van der Waals surface area contributed by atoms with E-state index >= 15 is 0 Å². The average molecular weight is 586 g/mol. The molecule has 6 aromatic rings. The minimum Gasteiger partial charge on any atom is -0.264 e. The van der Waals surface area contributed by atoms with Gasteiger partial charge in [-0.15, -0.1) is 0 Å². The highest BCUT2D eigenvalue weighted by Crippen LogP contribution is 2.34. The van der Waals surface area contributed by atoms with E-state index in [-0.39, 0.29) is 0 Å². The molecule has 0 bridgehead atoms. The van der Waals surface area contributed by atoms with Crippen LogP contribution in [0.25, 0.3) is 62.1 Å². The van der Waals surface area contributed by atoms with Gasteiger partial charge < -0.3 is 0 Å². The molecule has 3 aromatic heterocycles. The summed E-state index contributed by atoms with van der Waals surface area (Å²) in [5.41, 5.74) is 9.99. The fourth-order valence-corrected chi connectivity index (χ4v) is 5.31. The molecule has 3 aromatic carbocycles. The van der Waals surface area contributed by atoms with Gasteiger partial charge in [0.05, 0.1) is 11.4 Å². The van der Waals surface area contributed by atoms with Gasteiger partial charge in [-0.1, -0.05) is 98.8 Å². The second kappa shape index (κ2) is 13.8. The number of benzene rings is 3. The van der Waals surface area contributed by atoms with Crippen LogP contribution in [0.5, 0.6) is 0 Å². The van der Waals surface area contributed by atoms with Gasteiger partial charge in [-0.25, -0.2) is 19.9 Å². The van der Waals surface area contributed by atoms with Crippen molar-refractivity contribution in [1.82, 2.24) is 24.9 Å². The molecule has 0 amide bonds. The van der Waals surface area contributed by atoms with Gasteiger partial charge in [0.25, 0.3) is 0 Å². The van der Waals surface area contributed by atoms with Gasteiger partial charge in [-0.3, -0.25) is 4.98 Å². The number of pyridine rings is 2. The Morgan fingerprint density at radius 3 is 1.69 bits per heavy atom. The zero-order valence-corrected chi connectivity index (χ0v) is 25.9. The van der Waals surface area contributed by atoms with E-state index in [0.29, 0.717) is 17.5 Å². The molecule has 3 heterocycles. The first kappa shape index (κ1) is 29.5. The molecule has 1 aliphatic rings. The Morgan fingerprint density at radius 2 is 1.09 bits per heavy atom. The summed E-state index contributed by atoms with van der Waals surface area (Å²) in [5, 5.41) is 0. The molecule has 0 spiro atoms. The predicted octanol–water partition coefficient (Wildman–Crippen LogP) is 10.1. The summed E-state index contributed by atoms with van der Waals surface area (Å²) in [7, 11) is 0. The van der Waals surface area contributed by atoms with Crippen molar-refractivity contribution in [2.45, 2.75) is 33.6 Å². The summed E-state index contributed by atoms with van der Waals surface area (Å²) in [5.74, 6) is 1.86. The predicted molar refractivity (Wildman–Crippen MR) is 185 cm³/mol. The zero-order chi connectivity index (χ0) is 31.0. The fourth-order valence-electron chi connectivity index (χ4n) is 5.31. The van der Waals surface area contributed by atoms with Crippen LogP contribution in [-0.4, -0.2) is 24.9 Å². The van der Waals surface area contributed by atoms with Crippen LogP contribution in [-0.2, 0) is 0 Å². The van der Waals surface area contributed by atoms with E-state index in [1.54, 1.807) is 6.20 Å². The van der Waals surface area contributed by atoms with Crippen LogP contribution >= 0.6 is 0 Å². The van der Waals surface area contributed by atoms with Crippen molar-refractivity contribution < 1.29 is 0 Å². The highest BCUT2D eigenvalue weighted by molar-refractivity contribution is 5.81. The molecule has 0 atom stereocenters. The molecule has 220 valence electrons. The Hall–Kier alpha value is -5.55. The van der Waals surface area contributed by atoms with Crippen molar-refractivity contribution >= 4 is 5.57 Å². The molecule has 5 heteroatoms. The first-order chi connectivity index (χ1) is 22.2. The van der Waals surface area contributed by atoms with Crippen LogP contribution in [0.1, 0.15) is 37.9 Å². The third-order valence-electron chi connectivity index (χ3n) is 7.44. The number of hydrogen-bond donors (Lipinski definition) is 0. The van der Waals surface area contributed by atoms with Gasteiger partial charge in [-0.05, 0) is 72.9 Å². The average Bonchev–Trinajstić information content (AvgIpc) is 3.13. The zero-order valence-electron chi connectivity index (χ0n) is 25.9. The van der Waals surface area contributed by atoms with Crippen LogP contribution in [0.4, 0.5) is 0 Å². The minimum absolute atomic E-state index is 0.602. The van der Waals surface area contributed by atoms with E-state index < -0.39 is 0 Å². The molecule has 7 rings (SSSR count). The molecule has 0 N–H and O–H groups in total. The van der Waals surface area contributed by atoms with Crippen molar-refractivity contribution in [3.8, 4) is 56.5 Å². The van der Waals surface area contributed by atoms with Crippen LogP contribution in [0.3, 0.4) is 0 Å². The molecule has 0 fully saturated rings. The summed E-state index contributed by atoms with van der Waals surface area (Å²) in [6.07, 6.45) is 12.4. The normalized spacial score (nSPS) is 12.2. The Bertz CT molecular complexity index is 1910. The minimum atomic E-state index is 0.602. The lowest BCUT2D eigenvalue weighted by Crippen LogP contribution is -2.01. The molecule has 45 heavy (non-hydrogen) atoms. The number of aromatic nitrogens is 5. The van der Waals surface area contributed by atoms with Crippen molar-refractivity contribution in [1.29, 1.82) is 0 Å². The Morgan fingerprint density at radius 1 is 0.511 bits per heavy atom. The first-order valence-corrected chi connectivity index (χ1v) is 15.5. The van der Waals surface area contributed by atoms with Crippen LogP contribution in [0.15, 0.2) is 134 Å². The number of hydrogen-bond acceptors (Lipinski definition) is 5. The largest absolute Gasteiger partial charge is 0.264 e. The van der Waals surface area contributed by atoms with Crippen molar-refractivity contribution in [2.24, 2.45) is 0 Å². The summed E-state index contributed by atoms with van der Waals surface area (Å²) < 4.78 is 0. The van der Waals surface area contributed by atoms with Gasteiger partial charge >= 0.3 is 0 Å². The second-order valence-corrected chi connectivity index (χ2v) is 10.6. The first-order valence-electron chi connectivity index (χ1n) is 15.5. The standard InChI is InChI=1S/C38H29N5.C2H6/c1-26-20-34(27-12-5-2-6-13-27)40-35(21-26)32-22-31(30-18-11-19-39-25-30)23-33(24-32)38-42-36(28-14-7-3-8-15-28)41-37(43-38)29-16-9-4-10-17-29;1-2/h3-5,7-25H,2,6H2,1H3;1-2H3. The maximum absolute atomic E-state index is 5.14. The lowest BCUT2D eigenvalue weighted by Gasteiger charge is -2.14. The number of nitrogens with zero attached hydrogens (tertiary/aromatic N) is 5. The summed E-state index contributed by atoms with van der Waals surface area (Å²) in [6, 6.07) is 34.9. The highest BCUT2D eigenvalue weighted by Gasteiger charge is 2.16. The fraction of sp³-hybridized carbons (Fsp3) is 0.125. The SMILES string of the molecule is CC.Cc1cc(C2=CCCC=C2)nc(-c2cc(-c3cccnc3)cc(-c3nc(-c4ccccc4)nc(-c4ccccc4)n3)c2)c1. The topological polar surface area (TPSA) is 64.5 Å². The Labute approximate surface area is 265 Å². The lowest BCUT2D eigenvalue weighted by atomic mass is 9.97. The summed E-state index contributed by atoms with van der Waals surface area (Å²) >= 11 is 0. The number of rotatable bonds is 6. The Kier molecular flexibility index (Phi) is 9.07. The van der Waals surface area contributed by atoms with E-state index in [2.05, 4.69) is 66.5 Å². The molecule has 0 unspecified atom stereocenters. The van der Waals surface area contributed by atoms with E-state index in [4.69, 9.17) is 19.9 Å². The van der Waals surface area contributed by atoms with Gasteiger partial charge in [0.2, 0.25) is 0 Å². The maximum Gasteiger partial charge on any atom is 0.164 e. The second-order valence-electron chi connectivity index (χ2n) is 10.6.